The molecule has 0 aromatic heterocycles. The maximum atomic E-state index is 12.5. The van der Waals surface area contributed by atoms with E-state index in [1.807, 2.05) is 36.4 Å². The summed E-state index contributed by atoms with van der Waals surface area (Å²) in [4.78, 5) is 12.5. The van der Waals surface area contributed by atoms with E-state index < -0.39 is 5.91 Å². The van der Waals surface area contributed by atoms with Crippen LogP contribution in [0.1, 0.15) is 21.5 Å². The van der Waals surface area contributed by atoms with E-state index in [2.05, 4.69) is 42.4 Å². The zero-order valence-corrected chi connectivity index (χ0v) is 21.1. The van der Waals surface area contributed by atoms with Crippen LogP contribution in [0.3, 0.4) is 0 Å². The molecule has 6 nitrogen and oxygen atoms in total. The van der Waals surface area contributed by atoms with Crippen molar-refractivity contribution in [3.05, 3.63) is 85.3 Å². The van der Waals surface area contributed by atoms with Gasteiger partial charge in [-0.2, -0.15) is 5.10 Å². The van der Waals surface area contributed by atoms with Crippen LogP contribution in [0, 0.1) is 0 Å². The molecule has 0 saturated heterocycles. The van der Waals surface area contributed by atoms with Gasteiger partial charge < -0.3 is 14.2 Å². The fraction of sp³-hybridized carbons (Fsp3) is 0.130. The second kappa shape index (κ2) is 11.4. The molecule has 0 heterocycles. The summed E-state index contributed by atoms with van der Waals surface area (Å²) in [6.45, 7) is 0.323. The van der Waals surface area contributed by atoms with E-state index in [4.69, 9.17) is 25.8 Å². The van der Waals surface area contributed by atoms with Crippen molar-refractivity contribution in [3.8, 4) is 17.2 Å². The number of benzene rings is 3. The molecule has 0 aliphatic rings. The first-order valence-corrected chi connectivity index (χ1v) is 11.3. The lowest BCUT2D eigenvalue weighted by Gasteiger charge is -2.12. The van der Waals surface area contributed by atoms with Gasteiger partial charge in [0.25, 0.3) is 5.91 Å². The van der Waals surface area contributed by atoms with E-state index >= 15 is 0 Å². The molecule has 0 atom stereocenters. The Balaban J connectivity index is 1.68. The van der Waals surface area contributed by atoms with Gasteiger partial charge in [0.2, 0.25) is 0 Å². The topological polar surface area (TPSA) is 69.2 Å². The molecule has 0 bridgehead atoms. The lowest BCUT2D eigenvalue weighted by Crippen LogP contribution is -2.18. The highest BCUT2D eigenvalue weighted by atomic mass is 79.9. The predicted molar refractivity (Wildman–Crippen MR) is 132 cm³/mol. The number of hydrogen-bond acceptors (Lipinski definition) is 5. The highest BCUT2D eigenvalue weighted by molar-refractivity contribution is 9.11. The largest absolute Gasteiger partial charge is 0.497 e. The van der Waals surface area contributed by atoms with Crippen molar-refractivity contribution < 1.29 is 19.0 Å². The summed E-state index contributed by atoms with van der Waals surface area (Å²) in [5.41, 5.74) is 4.47. The zero-order chi connectivity index (χ0) is 23.1. The van der Waals surface area contributed by atoms with Gasteiger partial charge in [0.1, 0.15) is 23.9 Å². The average Bonchev–Trinajstić information content (AvgIpc) is 2.79. The molecule has 9 heteroatoms. The molecule has 3 aromatic rings. The minimum Gasteiger partial charge on any atom is -0.497 e. The second-order valence-electron chi connectivity index (χ2n) is 6.46. The summed E-state index contributed by atoms with van der Waals surface area (Å²) >= 11 is 13.2. The average molecular weight is 583 g/mol. The van der Waals surface area contributed by atoms with Crippen LogP contribution in [0.2, 0.25) is 5.02 Å². The number of hydrogen-bond donors (Lipinski definition) is 1. The van der Waals surface area contributed by atoms with E-state index in [9.17, 15) is 4.79 Å². The maximum Gasteiger partial charge on any atom is 0.275 e. The SMILES string of the molecule is COc1ccc(C(=O)N/N=C\c2cc(Br)c(OCc3ccccc3Cl)c(Br)c2)c(OC)c1. The van der Waals surface area contributed by atoms with Crippen molar-refractivity contribution in [2.24, 2.45) is 5.10 Å². The number of amides is 1. The van der Waals surface area contributed by atoms with Crippen LogP contribution < -0.4 is 19.6 Å². The first kappa shape index (κ1) is 24.1. The normalized spacial score (nSPS) is 10.8. The van der Waals surface area contributed by atoms with Gasteiger partial charge in [-0.15, -0.1) is 0 Å². The van der Waals surface area contributed by atoms with Crippen molar-refractivity contribution in [2.75, 3.05) is 14.2 Å². The van der Waals surface area contributed by atoms with E-state index in [0.717, 1.165) is 20.1 Å². The van der Waals surface area contributed by atoms with Crippen molar-refractivity contribution in [3.63, 3.8) is 0 Å². The van der Waals surface area contributed by atoms with Crippen molar-refractivity contribution in [1.29, 1.82) is 0 Å². The lowest BCUT2D eigenvalue weighted by molar-refractivity contribution is 0.0952. The van der Waals surface area contributed by atoms with Gasteiger partial charge in [-0.05, 0) is 67.8 Å². The molecule has 0 saturated carbocycles. The number of carbonyl (C=O) groups excluding carboxylic acids is 1. The Morgan fingerprint density at radius 1 is 1.06 bits per heavy atom. The minimum atomic E-state index is -0.404. The van der Waals surface area contributed by atoms with Crippen LogP contribution >= 0.6 is 43.5 Å². The van der Waals surface area contributed by atoms with Crippen molar-refractivity contribution in [1.82, 2.24) is 5.43 Å². The number of halogens is 3. The third-order valence-corrected chi connectivity index (χ3v) is 5.93. The molecule has 1 N–H and O–H groups in total. The molecule has 0 unspecified atom stereocenters. The summed E-state index contributed by atoms with van der Waals surface area (Å²) in [6, 6.07) is 16.1. The molecule has 0 aliphatic carbocycles. The predicted octanol–water partition coefficient (Wildman–Crippen LogP) is 6.23. The van der Waals surface area contributed by atoms with Crippen LogP contribution in [0.4, 0.5) is 0 Å². The number of carbonyl (C=O) groups is 1. The highest BCUT2D eigenvalue weighted by Crippen LogP contribution is 2.35. The van der Waals surface area contributed by atoms with E-state index in [0.29, 0.717) is 34.4 Å². The minimum absolute atomic E-state index is 0.323. The molecule has 0 fully saturated rings. The molecule has 0 aliphatic heterocycles. The molecule has 0 radical (unpaired) electrons. The quantitative estimate of drug-likeness (QED) is 0.253. The van der Waals surface area contributed by atoms with Gasteiger partial charge in [0, 0.05) is 16.7 Å². The molecule has 32 heavy (non-hydrogen) atoms. The number of hydrazone groups is 1. The molecular formula is C23H19Br2ClN2O4. The first-order chi connectivity index (χ1) is 15.4. The van der Waals surface area contributed by atoms with Crippen LogP contribution in [-0.2, 0) is 6.61 Å². The third-order valence-electron chi connectivity index (χ3n) is 4.38. The van der Waals surface area contributed by atoms with Crippen LogP contribution in [-0.4, -0.2) is 26.3 Å². The second-order valence-corrected chi connectivity index (χ2v) is 8.57. The van der Waals surface area contributed by atoms with Gasteiger partial charge in [0.05, 0.1) is 34.9 Å². The monoisotopic (exact) mass is 580 g/mol. The van der Waals surface area contributed by atoms with E-state index in [-0.39, 0.29) is 0 Å². The molecule has 166 valence electrons. The summed E-state index contributed by atoms with van der Waals surface area (Å²) in [6.07, 6.45) is 1.53. The Labute approximate surface area is 207 Å². The summed E-state index contributed by atoms with van der Waals surface area (Å²) in [5, 5.41) is 4.69. The molecular weight excluding hydrogens is 564 g/mol. The molecule has 3 rings (SSSR count). The Bertz CT molecular complexity index is 1130. The number of nitrogens with one attached hydrogen (secondary N) is 1. The van der Waals surface area contributed by atoms with Crippen molar-refractivity contribution in [2.45, 2.75) is 6.61 Å². The van der Waals surface area contributed by atoms with Crippen LogP contribution in [0.25, 0.3) is 0 Å². The first-order valence-electron chi connectivity index (χ1n) is 9.33. The Hall–Kier alpha value is -2.55. The number of methoxy groups -OCH3 is 2. The van der Waals surface area contributed by atoms with E-state index in [1.165, 1.54) is 13.3 Å². The fourth-order valence-electron chi connectivity index (χ4n) is 2.77. The maximum absolute atomic E-state index is 12.5. The Kier molecular flexibility index (Phi) is 8.55. The number of rotatable bonds is 8. The van der Waals surface area contributed by atoms with Gasteiger partial charge in [0.15, 0.2) is 0 Å². The Morgan fingerprint density at radius 2 is 1.78 bits per heavy atom. The summed E-state index contributed by atoms with van der Waals surface area (Å²) in [5.74, 6) is 1.21. The zero-order valence-electron chi connectivity index (χ0n) is 17.2. The van der Waals surface area contributed by atoms with Crippen LogP contribution in [0.5, 0.6) is 17.2 Å². The number of ether oxygens (including phenoxy) is 3. The van der Waals surface area contributed by atoms with Gasteiger partial charge in [-0.1, -0.05) is 29.8 Å². The molecule has 1 amide bonds. The summed E-state index contributed by atoms with van der Waals surface area (Å²) < 4.78 is 17.8. The Morgan fingerprint density at radius 3 is 2.44 bits per heavy atom. The standard InChI is InChI=1S/C23H19Br2ClN2O4/c1-30-16-7-8-17(21(11-16)31-2)23(29)28-27-12-14-9-18(24)22(19(25)10-14)32-13-15-5-3-4-6-20(15)26/h3-12H,13H2,1-2H3,(H,28,29)/b27-12-. The van der Waals surface area contributed by atoms with Crippen molar-refractivity contribution >= 4 is 55.6 Å². The molecule has 3 aromatic carbocycles. The van der Waals surface area contributed by atoms with Gasteiger partial charge >= 0.3 is 0 Å². The van der Waals surface area contributed by atoms with Crippen LogP contribution in [0.15, 0.2) is 68.6 Å². The van der Waals surface area contributed by atoms with E-state index in [1.54, 1.807) is 25.3 Å². The highest BCUT2D eigenvalue weighted by Gasteiger charge is 2.13. The summed E-state index contributed by atoms with van der Waals surface area (Å²) in [7, 11) is 3.03. The molecule has 0 spiro atoms. The van der Waals surface area contributed by atoms with Gasteiger partial charge in [-0.25, -0.2) is 5.43 Å². The lowest BCUT2D eigenvalue weighted by atomic mass is 10.2. The fourth-order valence-corrected chi connectivity index (χ4v) is 4.41. The smallest absolute Gasteiger partial charge is 0.275 e. The number of nitrogens with zero attached hydrogens (tertiary/aromatic N) is 1. The van der Waals surface area contributed by atoms with Gasteiger partial charge in [-0.3, -0.25) is 4.79 Å². The third kappa shape index (κ3) is 6.03.